The number of phenols is 1. The summed E-state index contributed by atoms with van der Waals surface area (Å²) in [4.78, 5) is 24.0. The topological polar surface area (TPSA) is 100 Å². The average Bonchev–Trinajstić information content (AvgIpc) is 2.74. The summed E-state index contributed by atoms with van der Waals surface area (Å²) in [7, 11) is 0. The maximum Gasteiger partial charge on any atom is 0.329 e. The minimum atomic E-state index is -0.937. The van der Waals surface area contributed by atoms with Crippen LogP contribution in [0.15, 0.2) is 78.4 Å². The van der Waals surface area contributed by atoms with Gasteiger partial charge in [0.2, 0.25) is 0 Å². The van der Waals surface area contributed by atoms with Crippen molar-refractivity contribution < 1.29 is 19.4 Å². The first-order valence-electron chi connectivity index (χ1n) is 8.77. The van der Waals surface area contributed by atoms with Crippen molar-refractivity contribution in [2.45, 2.75) is 0 Å². The Bertz CT molecular complexity index is 1080. The molecule has 0 aromatic heterocycles. The highest BCUT2D eigenvalue weighted by Gasteiger charge is 2.13. The lowest BCUT2D eigenvalue weighted by molar-refractivity contribution is -0.136. The van der Waals surface area contributed by atoms with Crippen molar-refractivity contribution in [3.63, 3.8) is 0 Å². The summed E-state index contributed by atoms with van der Waals surface area (Å²) in [5, 5.41) is 18.0. The summed E-state index contributed by atoms with van der Waals surface area (Å²) < 4.78 is 5.35. The first kappa shape index (κ1) is 19.6. The van der Waals surface area contributed by atoms with Gasteiger partial charge in [0.05, 0.1) is 6.21 Å². The number of rotatable bonds is 6. The SMILES string of the molecule is C=CCOc1ccc(NC(=O)C(=O)N/N=C/c2c(O)ccc3ccccc23)cc1. The van der Waals surface area contributed by atoms with Gasteiger partial charge in [0, 0.05) is 11.3 Å². The predicted octanol–water partition coefficient (Wildman–Crippen LogP) is 3.20. The van der Waals surface area contributed by atoms with E-state index in [2.05, 4.69) is 22.4 Å². The molecule has 0 saturated heterocycles. The molecule has 0 fully saturated rings. The smallest absolute Gasteiger partial charge is 0.329 e. The van der Waals surface area contributed by atoms with Gasteiger partial charge in [-0.2, -0.15) is 5.10 Å². The lowest BCUT2D eigenvalue weighted by Crippen LogP contribution is -2.32. The Kier molecular flexibility index (Phi) is 6.22. The normalized spacial score (nSPS) is 10.6. The summed E-state index contributed by atoms with van der Waals surface area (Å²) in [5.41, 5.74) is 3.03. The molecule has 3 aromatic rings. The third kappa shape index (κ3) is 4.98. The van der Waals surface area contributed by atoms with E-state index >= 15 is 0 Å². The minimum Gasteiger partial charge on any atom is -0.507 e. The number of anilines is 1. The van der Waals surface area contributed by atoms with E-state index in [9.17, 15) is 14.7 Å². The molecule has 0 heterocycles. The molecule has 0 aliphatic heterocycles. The lowest BCUT2D eigenvalue weighted by atomic mass is 10.0. The number of hydrazone groups is 1. The van der Waals surface area contributed by atoms with Crippen molar-refractivity contribution in [2.75, 3.05) is 11.9 Å². The molecule has 0 radical (unpaired) electrons. The number of hydrogen-bond donors (Lipinski definition) is 3. The highest BCUT2D eigenvalue weighted by atomic mass is 16.5. The molecular weight excluding hydrogens is 370 g/mol. The third-order valence-corrected chi connectivity index (χ3v) is 3.99. The molecule has 3 N–H and O–H groups in total. The highest BCUT2D eigenvalue weighted by Crippen LogP contribution is 2.25. The summed E-state index contributed by atoms with van der Waals surface area (Å²) in [6.07, 6.45) is 2.92. The fourth-order valence-electron chi connectivity index (χ4n) is 2.60. The van der Waals surface area contributed by atoms with E-state index in [1.165, 1.54) is 6.21 Å². The molecule has 0 saturated carbocycles. The summed E-state index contributed by atoms with van der Waals surface area (Å²) in [5.74, 6) is -1.17. The number of aromatic hydroxyl groups is 1. The number of amides is 2. The minimum absolute atomic E-state index is 0.0184. The fourth-order valence-corrected chi connectivity index (χ4v) is 2.60. The number of nitrogens with one attached hydrogen (secondary N) is 2. The Hall–Kier alpha value is -4.13. The van der Waals surface area contributed by atoms with Crippen LogP contribution in [0.1, 0.15) is 5.56 Å². The van der Waals surface area contributed by atoms with Crippen LogP contribution < -0.4 is 15.5 Å². The van der Waals surface area contributed by atoms with Crippen molar-refractivity contribution >= 4 is 34.5 Å². The monoisotopic (exact) mass is 389 g/mol. The van der Waals surface area contributed by atoms with E-state index in [4.69, 9.17) is 4.74 Å². The molecule has 0 atom stereocenters. The van der Waals surface area contributed by atoms with Gasteiger partial charge in [-0.1, -0.05) is 43.0 Å². The number of benzene rings is 3. The molecule has 7 nitrogen and oxygen atoms in total. The number of fused-ring (bicyclic) bond motifs is 1. The molecule has 0 aliphatic carbocycles. The summed E-state index contributed by atoms with van der Waals surface area (Å²) in [6, 6.07) is 17.3. The van der Waals surface area contributed by atoms with Gasteiger partial charge in [-0.3, -0.25) is 9.59 Å². The number of phenolic OH excluding ortho intramolecular Hbond substituents is 1. The molecule has 2 amide bonds. The van der Waals surface area contributed by atoms with Gasteiger partial charge < -0.3 is 15.2 Å². The van der Waals surface area contributed by atoms with Gasteiger partial charge in [-0.25, -0.2) is 5.43 Å². The zero-order valence-electron chi connectivity index (χ0n) is 15.5. The number of ether oxygens (including phenoxy) is 1. The van der Waals surface area contributed by atoms with Crippen molar-refractivity contribution in [3.05, 3.63) is 78.9 Å². The first-order chi connectivity index (χ1) is 14.1. The second kappa shape index (κ2) is 9.18. The quantitative estimate of drug-likeness (QED) is 0.261. The van der Waals surface area contributed by atoms with E-state index < -0.39 is 11.8 Å². The van der Waals surface area contributed by atoms with E-state index in [0.29, 0.717) is 23.6 Å². The van der Waals surface area contributed by atoms with Crippen LogP contribution >= 0.6 is 0 Å². The Morgan fingerprint density at radius 1 is 1.03 bits per heavy atom. The van der Waals surface area contributed by atoms with Gasteiger partial charge in [0.1, 0.15) is 18.1 Å². The Labute approximate surface area is 167 Å². The standard InChI is InChI=1S/C22H19N3O4/c1-2-13-29-17-10-8-16(9-11-17)24-21(27)22(28)25-23-14-19-18-6-4-3-5-15(18)7-12-20(19)26/h2-12,14,26H,1,13H2,(H,24,27)(H,25,28)/b23-14+. The maximum atomic E-state index is 12.0. The average molecular weight is 389 g/mol. The number of carbonyl (C=O) groups excluding carboxylic acids is 2. The van der Waals surface area contributed by atoms with Crippen LogP contribution in [0, 0.1) is 0 Å². The Balaban J connectivity index is 1.61. The zero-order chi connectivity index (χ0) is 20.6. The van der Waals surface area contributed by atoms with Gasteiger partial charge in [-0.05, 0) is 41.1 Å². The number of nitrogens with zero attached hydrogens (tertiary/aromatic N) is 1. The van der Waals surface area contributed by atoms with Gasteiger partial charge >= 0.3 is 11.8 Å². The van der Waals surface area contributed by atoms with Crippen LogP contribution in [0.2, 0.25) is 0 Å². The number of hydrogen-bond acceptors (Lipinski definition) is 5. The number of carbonyl (C=O) groups is 2. The zero-order valence-corrected chi connectivity index (χ0v) is 15.5. The van der Waals surface area contributed by atoms with Crippen LogP contribution in [0.5, 0.6) is 11.5 Å². The second-order valence-corrected chi connectivity index (χ2v) is 6.00. The molecule has 0 unspecified atom stereocenters. The molecule has 146 valence electrons. The van der Waals surface area contributed by atoms with E-state index in [0.717, 1.165) is 10.8 Å². The van der Waals surface area contributed by atoms with Crippen LogP contribution in [0.3, 0.4) is 0 Å². The molecule has 7 heteroatoms. The van der Waals surface area contributed by atoms with Crippen molar-refractivity contribution in [1.29, 1.82) is 0 Å². The van der Waals surface area contributed by atoms with Crippen LogP contribution in [-0.4, -0.2) is 29.7 Å². The summed E-state index contributed by atoms with van der Waals surface area (Å²) in [6.45, 7) is 3.94. The largest absolute Gasteiger partial charge is 0.507 e. The van der Waals surface area contributed by atoms with Crippen LogP contribution in [0.25, 0.3) is 10.8 Å². The Morgan fingerprint density at radius 2 is 1.79 bits per heavy atom. The van der Waals surface area contributed by atoms with E-state index in [-0.39, 0.29) is 5.75 Å². The predicted molar refractivity (Wildman–Crippen MR) is 112 cm³/mol. The van der Waals surface area contributed by atoms with Crippen LogP contribution in [0.4, 0.5) is 5.69 Å². The molecular formula is C22H19N3O4. The molecule has 29 heavy (non-hydrogen) atoms. The third-order valence-electron chi connectivity index (χ3n) is 3.99. The van der Waals surface area contributed by atoms with Gasteiger partial charge in [-0.15, -0.1) is 0 Å². The molecule has 0 bridgehead atoms. The van der Waals surface area contributed by atoms with Crippen molar-refractivity contribution in [2.24, 2.45) is 5.10 Å². The van der Waals surface area contributed by atoms with Crippen LogP contribution in [-0.2, 0) is 9.59 Å². The second-order valence-electron chi connectivity index (χ2n) is 6.00. The van der Waals surface area contributed by atoms with E-state index in [1.807, 2.05) is 24.3 Å². The molecule has 0 spiro atoms. The van der Waals surface area contributed by atoms with E-state index in [1.54, 1.807) is 42.5 Å². The first-order valence-corrected chi connectivity index (χ1v) is 8.77. The van der Waals surface area contributed by atoms with Gasteiger partial charge in [0.25, 0.3) is 0 Å². The molecule has 3 rings (SSSR count). The van der Waals surface area contributed by atoms with Crippen molar-refractivity contribution in [1.82, 2.24) is 5.43 Å². The fraction of sp³-hybridized carbons (Fsp3) is 0.0455. The molecule has 0 aliphatic rings. The summed E-state index contributed by atoms with van der Waals surface area (Å²) >= 11 is 0. The lowest BCUT2D eigenvalue weighted by Gasteiger charge is -2.07. The van der Waals surface area contributed by atoms with Crippen molar-refractivity contribution in [3.8, 4) is 11.5 Å². The molecule has 3 aromatic carbocycles. The maximum absolute atomic E-state index is 12.0. The van der Waals surface area contributed by atoms with Gasteiger partial charge in [0.15, 0.2) is 0 Å². The Morgan fingerprint density at radius 3 is 2.55 bits per heavy atom. The highest BCUT2D eigenvalue weighted by molar-refractivity contribution is 6.39.